The first kappa shape index (κ1) is 17.4. The number of nitrogens with zero attached hydrogens (tertiary/aromatic N) is 2. The van der Waals surface area contributed by atoms with Crippen molar-refractivity contribution in [3.05, 3.63) is 54.1 Å². The van der Waals surface area contributed by atoms with Crippen LogP contribution >= 0.6 is 0 Å². The van der Waals surface area contributed by atoms with Crippen molar-refractivity contribution in [2.75, 3.05) is 4.72 Å². The van der Waals surface area contributed by atoms with Crippen molar-refractivity contribution in [2.24, 2.45) is 0 Å². The molecule has 0 spiro atoms. The van der Waals surface area contributed by atoms with E-state index in [1.54, 1.807) is 37.5 Å². The summed E-state index contributed by atoms with van der Waals surface area (Å²) in [5.41, 5.74) is 1.27. The lowest BCUT2D eigenvalue weighted by molar-refractivity contribution is 0.597. The molecule has 0 saturated carbocycles. The van der Waals surface area contributed by atoms with Gasteiger partial charge in [-0.15, -0.1) is 0 Å². The van der Waals surface area contributed by atoms with Gasteiger partial charge in [-0.1, -0.05) is 19.4 Å². The first-order valence-electron chi connectivity index (χ1n) is 8.15. The molecule has 1 N–H and O–H groups in total. The predicted molar refractivity (Wildman–Crippen MR) is 96.6 cm³/mol. The first-order chi connectivity index (χ1) is 11.9. The minimum atomic E-state index is -3.93. The molecule has 3 rings (SSSR count). The smallest absolute Gasteiger partial charge is 0.264 e. The lowest BCUT2D eigenvalue weighted by Crippen LogP contribution is -2.13. The van der Waals surface area contributed by atoms with Crippen LogP contribution in [0.4, 0.5) is 10.1 Å². The second kappa shape index (κ2) is 6.84. The van der Waals surface area contributed by atoms with E-state index < -0.39 is 15.8 Å². The molecular weight excluding hydrogens is 341 g/mol. The molecule has 1 aromatic carbocycles. The van der Waals surface area contributed by atoms with Gasteiger partial charge in [-0.25, -0.2) is 17.8 Å². The number of halogens is 1. The normalized spacial score (nSPS) is 11.8. The Morgan fingerprint density at radius 1 is 1.28 bits per heavy atom. The molecule has 7 heteroatoms. The van der Waals surface area contributed by atoms with Crippen molar-refractivity contribution in [3.8, 4) is 0 Å². The third-order valence-electron chi connectivity index (χ3n) is 4.01. The highest BCUT2D eigenvalue weighted by molar-refractivity contribution is 7.93. The third kappa shape index (κ3) is 3.51. The van der Waals surface area contributed by atoms with Crippen molar-refractivity contribution in [3.63, 3.8) is 0 Å². The van der Waals surface area contributed by atoms with Gasteiger partial charge in [0.25, 0.3) is 10.0 Å². The molecule has 2 aromatic heterocycles. The van der Waals surface area contributed by atoms with Gasteiger partial charge in [-0.2, -0.15) is 0 Å². The highest BCUT2D eigenvalue weighted by Crippen LogP contribution is 2.27. The van der Waals surface area contributed by atoms with Crippen LogP contribution in [0.5, 0.6) is 0 Å². The van der Waals surface area contributed by atoms with Crippen LogP contribution in [-0.4, -0.2) is 18.0 Å². The van der Waals surface area contributed by atoms with Gasteiger partial charge in [0.1, 0.15) is 16.4 Å². The number of pyridine rings is 1. The topological polar surface area (TPSA) is 64.0 Å². The molecule has 0 aliphatic carbocycles. The van der Waals surface area contributed by atoms with Crippen LogP contribution in [0.15, 0.2) is 47.6 Å². The number of unbranched alkanes of at least 4 members (excludes halogenated alkanes) is 1. The maximum atomic E-state index is 14.0. The van der Waals surface area contributed by atoms with Gasteiger partial charge in [-0.05, 0) is 43.2 Å². The second-order valence-electron chi connectivity index (χ2n) is 6.00. The largest absolute Gasteiger partial charge is 0.331 e. The fourth-order valence-corrected chi connectivity index (χ4v) is 3.99. The fraction of sp³-hybridized carbons (Fsp3) is 0.278. The summed E-state index contributed by atoms with van der Waals surface area (Å²) >= 11 is 0. The van der Waals surface area contributed by atoms with Crippen LogP contribution in [0.3, 0.4) is 0 Å². The number of nitrogens with one attached hydrogen (secondary N) is 1. The van der Waals surface area contributed by atoms with Crippen molar-refractivity contribution >= 4 is 26.7 Å². The Balaban J connectivity index is 2.05. The number of hydrogen-bond acceptors (Lipinski definition) is 3. The molecule has 0 saturated heterocycles. The monoisotopic (exact) mass is 361 g/mol. The van der Waals surface area contributed by atoms with E-state index >= 15 is 0 Å². The van der Waals surface area contributed by atoms with E-state index in [4.69, 9.17) is 0 Å². The number of sulfonamides is 1. The number of aryl methyl sites for hydroxylation is 2. The summed E-state index contributed by atoms with van der Waals surface area (Å²) in [7, 11) is -3.93. The van der Waals surface area contributed by atoms with Crippen LogP contribution < -0.4 is 4.72 Å². The van der Waals surface area contributed by atoms with Crippen LogP contribution in [0.25, 0.3) is 11.0 Å². The van der Waals surface area contributed by atoms with E-state index in [-0.39, 0.29) is 10.6 Å². The molecule has 0 bridgehead atoms. The molecule has 0 aliphatic heterocycles. The van der Waals surface area contributed by atoms with Crippen molar-refractivity contribution in [2.45, 2.75) is 38.1 Å². The summed E-state index contributed by atoms with van der Waals surface area (Å²) in [6.45, 7) is 4.49. The van der Waals surface area contributed by atoms with Crippen molar-refractivity contribution in [1.29, 1.82) is 0 Å². The highest BCUT2D eigenvalue weighted by atomic mass is 32.2. The van der Waals surface area contributed by atoms with Gasteiger partial charge in [-0.3, -0.25) is 4.72 Å². The second-order valence-corrected chi connectivity index (χ2v) is 7.65. The molecular formula is C18H20FN3O2S. The molecule has 2 heterocycles. The molecule has 0 fully saturated rings. The molecule has 132 valence electrons. The molecule has 0 amide bonds. The quantitative estimate of drug-likeness (QED) is 0.719. The lowest BCUT2D eigenvalue weighted by Gasteiger charge is -2.08. The van der Waals surface area contributed by atoms with Gasteiger partial charge in [0.2, 0.25) is 0 Å². The number of hydrogen-bond donors (Lipinski definition) is 1. The van der Waals surface area contributed by atoms with E-state index in [2.05, 4.69) is 16.6 Å². The average molecular weight is 361 g/mol. The summed E-state index contributed by atoms with van der Waals surface area (Å²) in [4.78, 5) is 4.40. The fourth-order valence-electron chi connectivity index (χ4n) is 2.71. The van der Waals surface area contributed by atoms with E-state index in [1.165, 1.54) is 12.1 Å². The van der Waals surface area contributed by atoms with E-state index in [0.29, 0.717) is 17.6 Å². The average Bonchev–Trinajstić information content (AvgIpc) is 2.95. The van der Waals surface area contributed by atoms with Crippen LogP contribution in [0.2, 0.25) is 0 Å². The SMILES string of the molecule is CCCCn1cc(S(=O)(=O)Nc2ccc(C)cc2F)c2cccnc21. The summed E-state index contributed by atoms with van der Waals surface area (Å²) < 4.78 is 43.9. The zero-order valence-corrected chi connectivity index (χ0v) is 15.0. The van der Waals surface area contributed by atoms with E-state index in [9.17, 15) is 12.8 Å². The molecule has 0 radical (unpaired) electrons. The van der Waals surface area contributed by atoms with Crippen LogP contribution in [0.1, 0.15) is 25.3 Å². The van der Waals surface area contributed by atoms with Crippen molar-refractivity contribution in [1.82, 2.24) is 9.55 Å². The van der Waals surface area contributed by atoms with Gasteiger partial charge >= 0.3 is 0 Å². The third-order valence-corrected chi connectivity index (χ3v) is 5.40. The van der Waals surface area contributed by atoms with E-state index in [1.807, 2.05) is 4.57 Å². The Labute approximate surface area is 146 Å². The minimum absolute atomic E-state index is 0.0658. The standard InChI is InChI=1S/C18H20FN3O2S/c1-3-4-10-22-12-17(14-6-5-9-20-18(14)22)25(23,24)21-16-8-7-13(2)11-15(16)19/h5-9,11-12,21H,3-4,10H2,1-2H3. The van der Waals surface area contributed by atoms with Crippen LogP contribution in [-0.2, 0) is 16.6 Å². The summed E-state index contributed by atoms with van der Waals surface area (Å²) in [5, 5.41) is 0.527. The Kier molecular flexibility index (Phi) is 4.76. The Bertz CT molecular complexity index is 1010. The molecule has 0 aliphatic rings. The number of benzene rings is 1. The van der Waals surface area contributed by atoms with Gasteiger partial charge in [0.05, 0.1) is 5.69 Å². The van der Waals surface area contributed by atoms with Gasteiger partial charge in [0.15, 0.2) is 0 Å². The highest BCUT2D eigenvalue weighted by Gasteiger charge is 2.22. The summed E-state index contributed by atoms with van der Waals surface area (Å²) in [5.74, 6) is -0.601. The lowest BCUT2D eigenvalue weighted by atomic mass is 10.2. The maximum absolute atomic E-state index is 14.0. The molecule has 5 nitrogen and oxygen atoms in total. The van der Waals surface area contributed by atoms with E-state index in [0.717, 1.165) is 18.4 Å². The minimum Gasteiger partial charge on any atom is -0.331 e. The zero-order chi connectivity index (χ0) is 18.0. The molecule has 0 atom stereocenters. The van der Waals surface area contributed by atoms with Crippen molar-refractivity contribution < 1.29 is 12.8 Å². The Hall–Kier alpha value is -2.41. The predicted octanol–water partition coefficient (Wildman–Crippen LogP) is 4.08. The number of rotatable bonds is 6. The summed E-state index contributed by atoms with van der Waals surface area (Å²) in [6, 6.07) is 7.79. The summed E-state index contributed by atoms with van der Waals surface area (Å²) in [6.07, 6.45) is 5.11. The Morgan fingerprint density at radius 3 is 2.80 bits per heavy atom. The first-order valence-corrected chi connectivity index (χ1v) is 9.63. The maximum Gasteiger partial charge on any atom is 0.264 e. The number of aromatic nitrogens is 2. The van der Waals surface area contributed by atoms with Gasteiger partial charge < -0.3 is 4.57 Å². The molecule has 3 aromatic rings. The molecule has 25 heavy (non-hydrogen) atoms. The molecule has 0 unspecified atom stereocenters. The van der Waals surface area contributed by atoms with Gasteiger partial charge in [0, 0.05) is 24.3 Å². The Morgan fingerprint density at radius 2 is 2.08 bits per heavy atom. The van der Waals surface area contributed by atoms with Crippen LogP contribution in [0, 0.1) is 12.7 Å². The zero-order valence-electron chi connectivity index (χ0n) is 14.2. The number of fused-ring (bicyclic) bond motifs is 1. The number of anilines is 1.